The standard InChI is InChI=1S/C27H15F9O8/c1-10(37)21-15(23(39)40)5-13(8-18(21)26(31,32)33)43-12-3-4-20(17(7-12)25(28,29)30)44-14-6-16(24(41)42)22(11(2)38)19(9-14)27(34,35)36/h3-9H,1-2H3,(H,39,40)(H,41,42). The zero-order valence-electron chi connectivity index (χ0n) is 21.8. The number of hydrogen-bond donors (Lipinski definition) is 2. The third-order valence-corrected chi connectivity index (χ3v) is 5.72. The van der Waals surface area contributed by atoms with Crippen molar-refractivity contribution in [1.29, 1.82) is 0 Å². The molecule has 0 saturated heterocycles. The van der Waals surface area contributed by atoms with Gasteiger partial charge >= 0.3 is 30.5 Å². The Balaban J connectivity index is 2.17. The Morgan fingerprint density at radius 1 is 0.545 bits per heavy atom. The summed E-state index contributed by atoms with van der Waals surface area (Å²) in [6.07, 6.45) is -16.0. The van der Waals surface area contributed by atoms with E-state index in [9.17, 15) is 68.9 Å². The Labute approximate surface area is 239 Å². The minimum Gasteiger partial charge on any atom is -0.478 e. The summed E-state index contributed by atoms with van der Waals surface area (Å²) < 4.78 is 133. The van der Waals surface area contributed by atoms with Crippen molar-refractivity contribution in [1.82, 2.24) is 0 Å². The molecule has 17 heteroatoms. The predicted molar refractivity (Wildman–Crippen MR) is 128 cm³/mol. The molecule has 3 rings (SSSR count). The maximum Gasteiger partial charge on any atom is 0.420 e. The average molecular weight is 638 g/mol. The number of ketones is 2. The van der Waals surface area contributed by atoms with Gasteiger partial charge in [-0.1, -0.05) is 0 Å². The topological polar surface area (TPSA) is 127 Å². The van der Waals surface area contributed by atoms with Gasteiger partial charge in [-0.25, -0.2) is 9.59 Å². The lowest BCUT2D eigenvalue weighted by Crippen LogP contribution is -2.17. The number of carboxylic acids is 2. The highest BCUT2D eigenvalue weighted by molar-refractivity contribution is 6.07. The van der Waals surface area contributed by atoms with Crippen molar-refractivity contribution < 1.29 is 78.4 Å². The number of rotatable bonds is 8. The molecule has 0 atom stereocenters. The molecule has 0 unspecified atom stereocenters. The molecule has 3 aromatic rings. The predicted octanol–water partition coefficient (Wildman–Crippen LogP) is 8.13. The van der Waals surface area contributed by atoms with Crippen LogP contribution >= 0.6 is 0 Å². The van der Waals surface area contributed by atoms with Gasteiger partial charge in [-0.2, -0.15) is 39.5 Å². The van der Waals surface area contributed by atoms with E-state index < -0.39 is 104 Å². The summed E-state index contributed by atoms with van der Waals surface area (Å²) in [4.78, 5) is 46.7. The second-order valence-electron chi connectivity index (χ2n) is 8.86. The molecule has 8 nitrogen and oxygen atoms in total. The second-order valence-corrected chi connectivity index (χ2v) is 8.86. The van der Waals surface area contributed by atoms with E-state index in [-0.39, 0.29) is 18.2 Å². The van der Waals surface area contributed by atoms with Crippen LogP contribution in [0.15, 0.2) is 42.5 Å². The van der Waals surface area contributed by atoms with E-state index in [0.717, 1.165) is 0 Å². The van der Waals surface area contributed by atoms with Crippen LogP contribution in [0.25, 0.3) is 0 Å². The molecule has 0 radical (unpaired) electrons. The summed E-state index contributed by atoms with van der Waals surface area (Å²) in [7, 11) is 0. The third kappa shape index (κ3) is 7.09. The molecule has 234 valence electrons. The van der Waals surface area contributed by atoms with Gasteiger partial charge in [0.05, 0.1) is 22.3 Å². The van der Waals surface area contributed by atoms with E-state index >= 15 is 0 Å². The molecule has 0 saturated carbocycles. The molecule has 0 amide bonds. The fraction of sp³-hybridized carbons (Fsp3) is 0.185. The molecule has 0 aromatic heterocycles. The molecule has 3 aromatic carbocycles. The maximum atomic E-state index is 13.9. The minimum absolute atomic E-state index is 0.108. The number of ether oxygens (including phenoxy) is 2. The number of benzene rings is 3. The second kappa shape index (κ2) is 11.5. The molecular weight excluding hydrogens is 623 g/mol. The highest BCUT2D eigenvalue weighted by Gasteiger charge is 2.40. The zero-order valence-corrected chi connectivity index (χ0v) is 21.8. The molecule has 0 aliphatic carbocycles. The Morgan fingerprint density at radius 3 is 1.25 bits per heavy atom. The molecule has 44 heavy (non-hydrogen) atoms. The van der Waals surface area contributed by atoms with Gasteiger partial charge < -0.3 is 19.7 Å². The molecule has 0 aliphatic rings. The van der Waals surface area contributed by atoms with Crippen molar-refractivity contribution in [3.05, 3.63) is 81.4 Å². The van der Waals surface area contributed by atoms with Crippen molar-refractivity contribution >= 4 is 23.5 Å². The Morgan fingerprint density at radius 2 is 0.909 bits per heavy atom. The first-order valence-corrected chi connectivity index (χ1v) is 11.6. The van der Waals surface area contributed by atoms with E-state index in [0.29, 0.717) is 38.1 Å². The largest absolute Gasteiger partial charge is 0.478 e. The summed E-state index contributed by atoms with van der Waals surface area (Å²) >= 11 is 0. The smallest absolute Gasteiger partial charge is 0.420 e. The van der Waals surface area contributed by atoms with Gasteiger partial charge in [-0.05, 0) is 56.3 Å². The number of aromatic carboxylic acids is 2. The molecule has 0 aliphatic heterocycles. The van der Waals surface area contributed by atoms with E-state index in [4.69, 9.17) is 9.47 Å². The highest BCUT2D eigenvalue weighted by atomic mass is 19.4. The van der Waals surface area contributed by atoms with E-state index in [1.54, 1.807) is 0 Å². The van der Waals surface area contributed by atoms with Crippen molar-refractivity contribution in [3.8, 4) is 23.0 Å². The number of hydrogen-bond acceptors (Lipinski definition) is 6. The number of halogens is 9. The van der Waals surface area contributed by atoms with E-state index in [1.807, 2.05) is 0 Å². The fourth-order valence-electron chi connectivity index (χ4n) is 4.04. The number of Topliss-reactive ketones (excluding diaryl/α,β-unsaturated/α-hetero) is 2. The van der Waals surface area contributed by atoms with Gasteiger partial charge in [0.1, 0.15) is 28.6 Å². The van der Waals surface area contributed by atoms with Gasteiger partial charge in [0.2, 0.25) is 0 Å². The molecule has 0 bridgehead atoms. The fourth-order valence-corrected chi connectivity index (χ4v) is 4.04. The quantitative estimate of drug-likeness (QED) is 0.187. The average Bonchev–Trinajstić information content (AvgIpc) is 2.86. The third-order valence-electron chi connectivity index (χ3n) is 5.72. The molecule has 0 spiro atoms. The van der Waals surface area contributed by atoms with Crippen LogP contribution in [-0.4, -0.2) is 33.7 Å². The summed E-state index contributed by atoms with van der Waals surface area (Å²) in [5.41, 5.74) is -10.2. The van der Waals surface area contributed by atoms with Crippen molar-refractivity contribution in [2.24, 2.45) is 0 Å². The molecule has 2 N–H and O–H groups in total. The van der Waals surface area contributed by atoms with Gasteiger partial charge in [0.15, 0.2) is 11.6 Å². The molecule has 0 fully saturated rings. The van der Waals surface area contributed by atoms with Crippen LogP contribution in [0.2, 0.25) is 0 Å². The van der Waals surface area contributed by atoms with Crippen LogP contribution in [-0.2, 0) is 18.5 Å². The van der Waals surface area contributed by atoms with Crippen LogP contribution in [0.3, 0.4) is 0 Å². The Bertz CT molecular complexity index is 1690. The van der Waals surface area contributed by atoms with Crippen LogP contribution in [0.4, 0.5) is 39.5 Å². The van der Waals surface area contributed by atoms with Gasteiger partial charge in [-0.15, -0.1) is 0 Å². The zero-order chi connectivity index (χ0) is 33.5. The lowest BCUT2D eigenvalue weighted by atomic mass is 9.96. The summed E-state index contributed by atoms with van der Waals surface area (Å²) in [5, 5.41) is 18.7. The van der Waals surface area contributed by atoms with Gasteiger partial charge in [0, 0.05) is 11.1 Å². The maximum absolute atomic E-state index is 13.9. The van der Waals surface area contributed by atoms with E-state index in [1.165, 1.54) is 0 Å². The molecule has 0 heterocycles. The normalized spacial score (nSPS) is 12.1. The Hall–Kier alpha value is -5.09. The van der Waals surface area contributed by atoms with Crippen LogP contribution in [0.1, 0.15) is 72.0 Å². The van der Waals surface area contributed by atoms with Gasteiger partial charge in [-0.3, -0.25) is 9.59 Å². The molecular formula is C27H15F9O8. The van der Waals surface area contributed by atoms with Crippen molar-refractivity contribution in [2.45, 2.75) is 32.4 Å². The lowest BCUT2D eigenvalue weighted by molar-refractivity contribution is -0.139. The highest BCUT2D eigenvalue weighted by Crippen LogP contribution is 2.44. The summed E-state index contributed by atoms with van der Waals surface area (Å²) in [6, 6.07) is 2.46. The lowest BCUT2D eigenvalue weighted by Gasteiger charge is -2.19. The first-order chi connectivity index (χ1) is 20.0. The van der Waals surface area contributed by atoms with Crippen LogP contribution in [0.5, 0.6) is 23.0 Å². The number of carbonyl (C=O) groups is 4. The first-order valence-electron chi connectivity index (χ1n) is 11.6. The van der Waals surface area contributed by atoms with E-state index in [2.05, 4.69) is 0 Å². The van der Waals surface area contributed by atoms with Crippen LogP contribution < -0.4 is 9.47 Å². The van der Waals surface area contributed by atoms with Crippen molar-refractivity contribution in [3.63, 3.8) is 0 Å². The van der Waals surface area contributed by atoms with Gasteiger partial charge in [0.25, 0.3) is 0 Å². The number of carboxylic acid groups (broad SMARTS) is 2. The minimum atomic E-state index is -5.35. The van der Waals surface area contributed by atoms with Crippen LogP contribution in [0, 0.1) is 0 Å². The number of alkyl halides is 9. The first kappa shape index (κ1) is 33.4. The Kier molecular flexibility index (Phi) is 8.76. The van der Waals surface area contributed by atoms with Crippen molar-refractivity contribution in [2.75, 3.05) is 0 Å². The summed E-state index contributed by atoms with van der Waals surface area (Å²) in [6.45, 7) is 1.30. The monoisotopic (exact) mass is 638 g/mol. The summed E-state index contributed by atoms with van der Waals surface area (Å²) in [5.74, 6) is -10.7. The number of carbonyl (C=O) groups excluding carboxylic acids is 2. The SMILES string of the molecule is CC(=O)c1c(C(=O)O)cc(Oc2ccc(Oc3cc(C(=O)O)c(C(C)=O)c(C(F)(F)F)c3)c(C(F)(F)F)c2)cc1C(F)(F)F.